The first-order valence-corrected chi connectivity index (χ1v) is 18.2. The van der Waals surface area contributed by atoms with E-state index in [1.165, 1.54) is 82.0 Å². The summed E-state index contributed by atoms with van der Waals surface area (Å²) in [6.07, 6.45) is 5.22. The van der Waals surface area contributed by atoms with Crippen molar-refractivity contribution in [3.63, 3.8) is 0 Å². The molecule has 1 saturated carbocycles. The van der Waals surface area contributed by atoms with Crippen molar-refractivity contribution in [3.8, 4) is 33.4 Å². The maximum absolute atomic E-state index is 2.50. The Hall–Kier alpha value is -4.92. The van der Waals surface area contributed by atoms with E-state index >= 15 is 0 Å². The average Bonchev–Trinajstić information content (AvgIpc) is 3.44. The third kappa shape index (κ3) is 5.69. The van der Waals surface area contributed by atoms with E-state index in [4.69, 9.17) is 0 Å². The number of quaternary nitrogens is 1. The highest BCUT2D eigenvalue weighted by atomic mass is 15.3. The summed E-state index contributed by atoms with van der Waals surface area (Å²) in [5.41, 5.74) is 15.1. The lowest BCUT2D eigenvalue weighted by atomic mass is 9.21. The summed E-state index contributed by atoms with van der Waals surface area (Å²) in [6.45, 7) is 1.07. The highest BCUT2D eigenvalue weighted by Crippen LogP contribution is 2.47. The summed E-state index contributed by atoms with van der Waals surface area (Å²) >= 11 is 0. The molecule has 1 aliphatic heterocycles. The fourth-order valence-corrected chi connectivity index (χ4v) is 9.48. The van der Waals surface area contributed by atoms with E-state index < -0.39 is 6.28 Å². The van der Waals surface area contributed by atoms with Gasteiger partial charge in [-0.15, -0.1) is 16.4 Å². The minimum atomic E-state index is -1.41. The highest BCUT2D eigenvalue weighted by molar-refractivity contribution is 7.10. The number of benzene rings is 6. The molecule has 0 amide bonds. The zero-order chi connectivity index (χ0) is 33.3. The van der Waals surface area contributed by atoms with Crippen molar-refractivity contribution >= 4 is 22.7 Å². The van der Waals surface area contributed by atoms with Crippen LogP contribution in [0.4, 0.5) is 0 Å². The average molecular weight is 636 g/mol. The van der Waals surface area contributed by atoms with Crippen LogP contribution in [0.25, 0.3) is 38.9 Å². The summed E-state index contributed by atoms with van der Waals surface area (Å²) in [5, 5.41) is 0. The van der Waals surface area contributed by atoms with Crippen LogP contribution in [0.15, 0.2) is 169 Å². The number of nitrogens with zero attached hydrogens (tertiary/aromatic N) is 1. The predicted molar refractivity (Wildman–Crippen MR) is 211 cm³/mol. The molecule has 8 rings (SSSR count). The number of rotatable bonds is 7. The molecule has 0 spiro atoms. The van der Waals surface area contributed by atoms with Gasteiger partial charge in [-0.3, -0.25) is 0 Å². The van der Waals surface area contributed by atoms with Crippen LogP contribution in [-0.4, -0.2) is 31.3 Å². The van der Waals surface area contributed by atoms with Crippen molar-refractivity contribution in [2.45, 2.75) is 32.1 Å². The number of hydrogen-bond donors (Lipinski definition) is 0. The minimum Gasteiger partial charge on any atom is -0.505 e. The second-order valence-corrected chi connectivity index (χ2v) is 15.0. The van der Waals surface area contributed by atoms with E-state index in [0.29, 0.717) is 5.92 Å². The smallest absolute Gasteiger partial charge is 0.291 e. The van der Waals surface area contributed by atoms with E-state index in [9.17, 15) is 0 Å². The van der Waals surface area contributed by atoms with E-state index in [-0.39, 0.29) is 0 Å². The zero-order valence-corrected chi connectivity index (χ0v) is 28.9. The molecule has 0 aromatic heterocycles. The molecule has 0 bridgehead atoms. The Balaban J connectivity index is 1.36. The molecule has 2 aliphatic rings. The third-order valence-electron chi connectivity index (χ3n) is 11.8. The molecule has 1 heterocycles. The van der Waals surface area contributed by atoms with Crippen LogP contribution in [0.1, 0.15) is 37.7 Å². The predicted octanol–water partition coefficient (Wildman–Crippen LogP) is 10.4. The maximum atomic E-state index is 2.50. The Morgan fingerprint density at radius 2 is 0.755 bits per heavy atom. The highest BCUT2D eigenvalue weighted by Gasteiger charge is 2.54. The van der Waals surface area contributed by atoms with Gasteiger partial charge in [0.1, 0.15) is 0 Å². The van der Waals surface area contributed by atoms with E-state index in [0.717, 1.165) is 10.9 Å². The first-order chi connectivity index (χ1) is 24.0. The standard InChI is InChI=1S/C47H46BN/c1-49(2)35-46(42-21-13-6-14-22-42)47(43-25-23-39(24-26-43)36-15-7-3-8-16-36)48(49,44-31-27-40(28-32-44)37-17-9-4-10-18-37)45-33-29-41(30-34-45)38-19-11-5-12-20-38/h3-5,7-12,15-20,23-34,42H,6,13-14,21-22,35H2,1-2H3. The second kappa shape index (κ2) is 13.2. The van der Waals surface area contributed by atoms with Crippen LogP contribution in [0.5, 0.6) is 0 Å². The lowest BCUT2D eigenvalue weighted by molar-refractivity contribution is -0.778. The van der Waals surface area contributed by atoms with Gasteiger partial charge < -0.3 is 4.39 Å². The van der Waals surface area contributed by atoms with Crippen LogP contribution < -0.4 is 10.9 Å². The Bertz CT molecular complexity index is 1950. The van der Waals surface area contributed by atoms with Gasteiger partial charge in [0.15, 0.2) is 0 Å². The van der Waals surface area contributed by atoms with Gasteiger partial charge in [-0.2, -0.15) is 0 Å². The second-order valence-electron chi connectivity index (χ2n) is 15.0. The van der Waals surface area contributed by atoms with Gasteiger partial charge in [0.25, 0.3) is 6.28 Å². The molecule has 1 aliphatic carbocycles. The van der Waals surface area contributed by atoms with Crippen LogP contribution in [0.2, 0.25) is 0 Å². The first kappa shape index (κ1) is 31.4. The quantitative estimate of drug-likeness (QED) is 0.153. The largest absolute Gasteiger partial charge is 0.505 e. The Morgan fingerprint density at radius 1 is 0.408 bits per heavy atom. The molecule has 0 saturated heterocycles. The summed E-state index contributed by atoms with van der Waals surface area (Å²) in [7, 11) is 5.01. The molecule has 1 nitrogen and oxygen atoms in total. The fourth-order valence-electron chi connectivity index (χ4n) is 9.48. The van der Waals surface area contributed by atoms with Crippen LogP contribution in [0.3, 0.4) is 0 Å². The Morgan fingerprint density at radius 3 is 1.16 bits per heavy atom. The normalized spacial score (nSPS) is 17.3. The Kier molecular flexibility index (Phi) is 8.44. The molecular weight excluding hydrogens is 589 g/mol. The lowest BCUT2D eigenvalue weighted by Gasteiger charge is -2.54. The van der Waals surface area contributed by atoms with Crippen molar-refractivity contribution in [2.75, 3.05) is 20.6 Å². The topological polar surface area (TPSA) is 0 Å². The summed E-state index contributed by atoms with van der Waals surface area (Å²) in [4.78, 5) is 0. The molecule has 0 atom stereocenters. The van der Waals surface area contributed by atoms with E-state index in [1.54, 1.807) is 11.0 Å². The summed E-state index contributed by atoms with van der Waals surface area (Å²) in [5.74, 6) is 0.630. The van der Waals surface area contributed by atoms with Crippen molar-refractivity contribution in [1.82, 2.24) is 0 Å². The maximum Gasteiger partial charge on any atom is 0.291 e. The summed E-state index contributed by atoms with van der Waals surface area (Å²) in [6, 6.07) is 61.2. The lowest BCUT2D eigenvalue weighted by Crippen LogP contribution is -2.75. The fraction of sp³-hybridized carbons (Fsp3) is 0.191. The summed E-state index contributed by atoms with van der Waals surface area (Å²) < 4.78 is 0.914. The molecule has 0 unspecified atom stereocenters. The molecule has 0 radical (unpaired) electrons. The Labute approximate surface area is 293 Å². The third-order valence-corrected chi connectivity index (χ3v) is 11.8. The molecule has 6 aromatic carbocycles. The molecule has 0 N–H and O–H groups in total. The number of likely N-dealkylation sites (N-methyl/N-ethyl adjacent to an activating group) is 1. The van der Waals surface area contributed by atoms with Crippen molar-refractivity contribution in [2.24, 2.45) is 5.92 Å². The molecule has 2 heteroatoms. The first-order valence-electron chi connectivity index (χ1n) is 18.2. The monoisotopic (exact) mass is 635 g/mol. The molecule has 49 heavy (non-hydrogen) atoms. The van der Waals surface area contributed by atoms with Crippen LogP contribution >= 0.6 is 0 Å². The van der Waals surface area contributed by atoms with Gasteiger partial charge in [-0.1, -0.05) is 189 Å². The van der Waals surface area contributed by atoms with Gasteiger partial charge in [-0.05, 0) is 57.7 Å². The number of hydrogen-bond acceptors (Lipinski definition) is 0. The minimum absolute atomic E-state index is 0.630. The zero-order valence-electron chi connectivity index (χ0n) is 28.9. The molecule has 6 aromatic rings. The van der Waals surface area contributed by atoms with Gasteiger partial charge in [0, 0.05) is 14.1 Å². The van der Waals surface area contributed by atoms with Gasteiger partial charge >= 0.3 is 0 Å². The van der Waals surface area contributed by atoms with Crippen molar-refractivity contribution in [1.29, 1.82) is 0 Å². The van der Waals surface area contributed by atoms with Gasteiger partial charge in [0.2, 0.25) is 0 Å². The van der Waals surface area contributed by atoms with Gasteiger partial charge in [0.05, 0.1) is 6.54 Å². The molecular formula is C47H46BN. The van der Waals surface area contributed by atoms with Gasteiger partial charge in [-0.25, -0.2) is 0 Å². The van der Waals surface area contributed by atoms with Crippen molar-refractivity contribution in [3.05, 3.63) is 175 Å². The molecule has 242 valence electrons. The van der Waals surface area contributed by atoms with Crippen LogP contribution in [0, 0.1) is 5.92 Å². The van der Waals surface area contributed by atoms with Crippen molar-refractivity contribution < 1.29 is 4.39 Å². The molecule has 1 fully saturated rings. The van der Waals surface area contributed by atoms with E-state index in [2.05, 4.69) is 178 Å². The van der Waals surface area contributed by atoms with Crippen LogP contribution in [-0.2, 0) is 0 Å². The van der Waals surface area contributed by atoms with E-state index in [1.807, 2.05) is 0 Å². The SMILES string of the molecule is C[N+]1(C)CC(C2CCCCC2)=C(c2ccc(-c3ccccc3)cc2)[B-]1(c1ccc(-c2ccccc2)cc1)c1ccc(-c2ccccc2)cc1.